The van der Waals surface area contributed by atoms with Crippen LogP contribution in [0.4, 0.5) is 4.39 Å². The Morgan fingerprint density at radius 3 is 2.84 bits per heavy atom. The molecule has 0 atom stereocenters. The van der Waals surface area contributed by atoms with Crippen LogP contribution >= 0.6 is 15.9 Å². The van der Waals surface area contributed by atoms with Crippen LogP contribution in [0.25, 0.3) is 0 Å². The van der Waals surface area contributed by atoms with E-state index in [1.807, 2.05) is 6.07 Å². The van der Waals surface area contributed by atoms with Gasteiger partial charge in [0.2, 0.25) is 0 Å². The lowest BCUT2D eigenvalue weighted by atomic mass is 10.1. The zero-order chi connectivity index (χ0) is 13.8. The van der Waals surface area contributed by atoms with Crippen molar-refractivity contribution < 1.29 is 13.9 Å². The Morgan fingerprint density at radius 2 is 2.21 bits per heavy atom. The van der Waals surface area contributed by atoms with Gasteiger partial charge in [0.05, 0.1) is 11.3 Å². The van der Waals surface area contributed by atoms with E-state index >= 15 is 0 Å². The monoisotopic (exact) mass is 323 g/mol. The molecule has 98 valence electrons. The maximum absolute atomic E-state index is 13.8. The van der Waals surface area contributed by atoms with E-state index in [9.17, 15) is 9.18 Å². The highest BCUT2D eigenvalue weighted by atomic mass is 79.9. The lowest BCUT2D eigenvalue weighted by Gasteiger charge is -2.11. The first kappa shape index (κ1) is 13.7. The molecular weight excluding hydrogens is 313 g/mol. The number of Topliss-reactive ketones (excluding diaryl/α,β-unsaturated/α-hetero) is 1. The van der Waals surface area contributed by atoms with Gasteiger partial charge in [0.15, 0.2) is 17.3 Å². The minimum Gasteiger partial charge on any atom is -0.483 e. The van der Waals surface area contributed by atoms with Gasteiger partial charge < -0.3 is 4.74 Å². The van der Waals surface area contributed by atoms with Crippen LogP contribution in [0.2, 0.25) is 0 Å². The van der Waals surface area contributed by atoms with Crippen molar-refractivity contribution in [1.82, 2.24) is 4.98 Å². The van der Waals surface area contributed by atoms with Gasteiger partial charge in [-0.1, -0.05) is 22.0 Å². The number of benzene rings is 1. The maximum Gasteiger partial charge on any atom is 0.166 e. The van der Waals surface area contributed by atoms with Crippen molar-refractivity contribution in [3.63, 3.8) is 0 Å². The summed E-state index contributed by atoms with van der Waals surface area (Å²) in [6.07, 6.45) is 1.63. The number of pyridine rings is 1. The molecule has 2 rings (SSSR count). The number of hydrogen-bond donors (Lipinski definition) is 0. The third-order valence-electron chi connectivity index (χ3n) is 2.48. The molecule has 0 aliphatic carbocycles. The molecule has 5 heteroatoms. The largest absolute Gasteiger partial charge is 0.483 e. The highest BCUT2D eigenvalue weighted by Gasteiger charge is 2.15. The molecule has 3 nitrogen and oxygen atoms in total. The predicted octanol–water partition coefficient (Wildman–Crippen LogP) is 3.76. The van der Waals surface area contributed by atoms with Crippen LogP contribution in [-0.4, -0.2) is 10.8 Å². The average molecular weight is 324 g/mol. The van der Waals surface area contributed by atoms with Crippen molar-refractivity contribution in [3.8, 4) is 5.75 Å². The fourth-order valence-electron chi connectivity index (χ4n) is 1.60. The summed E-state index contributed by atoms with van der Waals surface area (Å²) < 4.78 is 19.7. The lowest BCUT2D eigenvalue weighted by molar-refractivity contribution is 0.101. The SMILES string of the molecule is CC(=O)c1cc(Br)cc(F)c1OCc1ccccn1. The number of hydrogen-bond acceptors (Lipinski definition) is 3. The number of ketones is 1. The molecule has 0 fully saturated rings. The first-order valence-corrected chi connectivity index (χ1v) is 6.40. The van der Waals surface area contributed by atoms with Gasteiger partial charge in [0.25, 0.3) is 0 Å². The van der Waals surface area contributed by atoms with Crippen LogP contribution in [-0.2, 0) is 6.61 Å². The second kappa shape index (κ2) is 5.93. The quantitative estimate of drug-likeness (QED) is 0.804. The molecule has 0 saturated heterocycles. The molecule has 0 saturated carbocycles. The third-order valence-corrected chi connectivity index (χ3v) is 2.94. The molecule has 0 amide bonds. The van der Waals surface area contributed by atoms with Gasteiger partial charge in [0, 0.05) is 10.7 Å². The highest BCUT2D eigenvalue weighted by Crippen LogP contribution is 2.28. The summed E-state index contributed by atoms with van der Waals surface area (Å²) in [6.45, 7) is 1.48. The van der Waals surface area contributed by atoms with Crippen LogP contribution in [0.15, 0.2) is 41.0 Å². The molecule has 1 heterocycles. The molecule has 0 spiro atoms. The third kappa shape index (κ3) is 3.38. The van der Waals surface area contributed by atoms with Crippen molar-refractivity contribution in [3.05, 3.63) is 58.1 Å². The Morgan fingerprint density at radius 1 is 1.42 bits per heavy atom. The summed E-state index contributed by atoms with van der Waals surface area (Å²) in [5.74, 6) is -0.868. The molecule has 2 aromatic rings. The highest BCUT2D eigenvalue weighted by molar-refractivity contribution is 9.10. The van der Waals surface area contributed by atoms with Crippen LogP contribution in [0.1, 0.15) is 23.0 Å². The Labute approximate surface area is 118 Å². The molecule has 0 aliphatic rings. The molecule has 0 N–H and O–H groups in total. The lowest BCUT2D eigenvalue weighted by Crippen LogP contribution is -2.05. The second-order valence-corrected chi connectivity index (χ2v) is 4.85. The second-order valence-electron chi connectivity index (χ2n) is 3.93. The van der Waals surface area contributed by atoms with E-state index in [-0.39, 0.29) is 23.7 Å². The van der Waals surface area contributed by atoms with E-state index in [1.165, 1.54) is 13.0 Å². The first-order valence-electron chi connectivity index (χ1n) is 5.60. The van der Waals surface area contributed by atoms with Crippen LogP contribution < -0.4 is 4.74 Å². The van der Waals surface area contributed by atoms with Gasteiger partial charge in [-0.2, -0.15) is 0 Å². The summed E-state index contributed by atoms with van der Waals surface area (Å²) >= 11 is 3.15. The van der Waals surface area contributed by atoms with E-state index in [2.05, 4.69) is 20.9 Å². The summed E-state index contributed by atoms with van der Waals surface area (Å²) in [5.41, 5.74) is 0.877. The Balaban J connectivity index is 2.27. The molecular formula is C14H11BrFNO2. The zero-order valence-corrected chi connectivity index (χ0v) is 11.8. The molecule has 1 aromatic carbocycles. The van der Waals surface area contributed by atoms with E-state index in [4.69, 9.17) is 4.74 Å². The van der Waals surface area contributed by atoms with Crippen LogP contribution in [0.5, 0.6) is 5.75 Å². The minimum absolute atomic E-state index is 0.0404. The normalized spacial score (nSPS) is 10.3. The maximum atomic E-state index is 13.8. The van der Waals surface area contributed by atoms with Crippen LogP contribution in [0, 0.1) is 5.82 Å². The average Bonchev–Trinajstić information content (AvgIpc) is 2.38. The molecule has 1 aromatic heterocycles. The van der Waals surface area contributed by atoms with Crippen molar-refractivity contribution in [2.45, 2.75) is 13.5 Å². The number of aromatic nitrogens is 1. The van der Waals surface area contributed by atoms with Gasteiger partial charge in [-0.3, -0.25) is 9.78 Å². The number of halogens is 2. The van der Waals surface area contributed by atoms with Crippen molar-refractivity contribution >= 4 is 21.7 Å². The van der Waals surface area contributed by atoms with Gasteiger partial charge in [-0.15, -0.1) is 0 Å². The summed E-state index contributed by atoms with van der Waals surface area (Å²) in [4.78, 5) is 15.6. The number of nitrogens with zero attached hydrogens (tertiary/aromatic N) is 1. The fraction of sp³-hybridized carbons (Fsp3) is 0.143. The molecule has 0 radical (unpaired) electrons. The van der Waals surface area contributed by atoms with Gasteiger partial charge in [0.1, 0.15) is 6.61 Å². The zero-order valence-electron chi connectivity index (χ0n) is 10.2. The molecule has 0 unspecified atom stereocenters. The van der Waals surface area contributed by atoms with Gasteiger partial charge in [-0.05, 0) is 31.2 Å². The fourth-order valence-corrected chi connectivity index (χ4v) is 2.03. The van der Waals surface area contributed by atoms with E-state index < -0.39 is 5.82 Å². The molecule has 0 bridgehead atoms. The number of rotatable bonds is 4. The van der Waals surface area contributed by atoms with Crippen molar-refractivity contribution in [2.75, 3.05) is 0 Å². The predicted molar refractivity (Wildman–Crippen MR) is 72.7 cm³/mol. The van der Waals surface area contributed by atoms with Crippen molar-refractivity contribution in [1.29, 1.82) is 0 Å². The Hall–Kier alpha value is -1.75. The summed E-state index contributed by atoms with van der Waals surface area (Å²) in [6, 6.07) is 8.17. The first-order chi connectivity index (χ1) is 9.08. The summed E-state index contributed by atoms with van der Waals surface area (Å²) in [5, 5.41) is 0. The minimum atomic E-state index is -0.574. The topological polar surface area (TPSA) is 39.2 Å². The van der Waals surface area contributed by atoms with E-state index in [0.717, 1.165) is 0 Å². The van der Waals surface area contributed by atoms with Gasteiger partial charge >= 0.3 is 0 Å². The molecule has 19 heavy (non-hydrogen) atoms. The van der Waals surface area contributed by atoms with E-state index in [1.54, 1.807) is 24.4 Å². The molecule has 0 aliphatic heterocycles. The number of ether oxygens (including phenoxy) is 1. The Kier molecular flexibility index (Phi) is 4.27. The van der Waals surface area contributed by atoms with E-state index in [0.29, 0.717) is 10.2 Å². The van der Waals surface area contributed by atoms with Crippen molar-refractivity contribution in [2.24, 2.45) is 0 Å². The Bertz CT molecular complexity index is 602. The standard InChI is InChI=1S/C14H11BrFNO2/c1-9(18)12-6-10(15)7-13(16)14(12)19-8-11-4-2-3-5-17-11/h2-7H,8H2,1H3. The van der Waals surface area contributed by atoms with Gasteiger partial charge in [-0.25, -0.2) is 4.39 Å². The summed E-state index contributed by atoms with van der Waals surface area (Å²) in [7, 11) is 0. The smallest absolute Gasteiger partial charge is 0.166 e. The number of carbonyl (C=O) groups excluding carboxylic acids is 1. The number of carbonyl (C=O) groups is 1. The van der Waals surface area contributed by atoms with Crippen LogP contribution in [0.3, 0.4) is 0 Å².